The highest BCUT2D eigenvalue weighted by Crippen LogP contribution is 2.23. The molecule has 3 aromatic rings. The molecule has 2 aromatic carbocycles. The molecule has 0 aliphatic rings. The van der Waals surface area contributed by atoms with E-state index in [1.54, 1.807) is 6.20 Å². The molecule has 0 bridgehead atoms. The minimum Gasteiger partial charge on any atom is -0.481 e. The number of hydrogen-bond donors (Lipinski definition) is 4. The molecule has 0 aliphatic carbocycles. The Morgan fingerprint density at radius 1 is 0.897 bits per heavy atom. The molecule has 1 unspecified atom stereocenters. The maximum absolute atomic E-state index is 13.2. The molecule has 4 N–H and O–H groups in total. The molecule has 0 saturated heterocycles. The van der Waals surface area contributed by atoms with Gasteiger partial charge in [0.05, 0.1) is 12.5 Å². The number of anilines is 1. The summed E-state index contributed by atoms with van der Waals surface area (Å²) in [6.45, 7) is 0.944. The zero-order valence-corrected chi connectivity index (χ0v) is 22.1. The Labute approximate surface area is 229 Å². The van der Waals surface area contributed by atoms with Gasteiger partial charge in [0.2, 0.25) is 11.8 Å². The number of amides is 2. The van der Waals surface area contributed by atoms with Gasteiger partial charge in [0.1, 0.15) is 11.9 Å². The highest BCUT2D eigenvalue weighted by molar-refractivity contribution is 5.88. The quantitative estimate of drug-likeness (QED) is 0.204. The average molecular weight is 533 g/mol. The van der Waals surface area contributed by atoms with Crippen LogP contribution < -0.4 is 16.0 Å². The van der Waals surface area contributed by atoms with Crippen molar-refractivity contribution in [2.45, 2.75) is 44.2 Å². The van der Waals surface area contributed by atoms with Gasteiger partial charge in [-0.05, 0) is 48.1 Å². The first kappa shape index (κ1) is 29.3. The van der Waals surface area contributed by atoms with Gasteiger partial charge in [-0.2, -0.15) is 0 Å². The van der Waals surface area contributed by atoms with Crippen LogP contribution in [0.3, 0.4) is 0 Å². The molecule has 39 heavy (non-hydrogen) atoms. The second-order valence-corrected chi connectivity index (χ2v) is 9.15. The van der Waals surface area contributed by atoms with Gasteiger partial charge in [-0.3, -0.25) is 14.4 Å². The number of carbonyl (C=O) groups excluding carboxylic acids is 2. The summed E-state index contributed by atoms with van der Waals surface area (Å²) in [5.41, 5.74) is 2.69. The molecule has 0 spiro atoms. The van der Waals surface area contributed by atoms with Crippen LogP contribution in [0.4, 0.5) is 5.82 Å². The number of aliphatic carboxylic acids is 1. The van der Waals surface area contributed by atoms with E-state index in [0.717, 1.165) is 23.4 Å². The van der Waals surface area contributed by atoms with E-state index in [-0.39, 0.29) is 31.8 Å². The van der Waals surface area contributed by atoms with Crippen LogP contribution in [-0.4, -0.2) is 54.2 Å². The molecule has 0 radical (unpaired) electrons. The third-order valence-electron chi connectivity index (χ3n) is 6.18. The minimum absolute atomic E-state index is 0.244. The average Bonchev–Trinajstić information content (AvgIpc) is 2.95. The number of nitrogens with one attached hydrogen (secondary N) is 3. The van der Waals surface area contributed by atoms with Crippen molar-refractivity contribution in [2.24, 2.45) is 0 Å². The van der Waals surface area contributed by atoms with Crippen LogP contribution in [-0.2, 0) is 19.1 Å². The lowest BCUT2D eigenvalue weighted by Gasteiger charge is -2.23. The fourth-order valence-corrected chi connectivity index (χ4v) is 4.10. The van der Waals surface area contributed by atoms with Gasteiger partial charge in [0.15, 0.2) is 0 Å². The van der Waals surface area contributed by atoms with Crippen molar-refractivity contribution in [1.29, 1.82) is 0 Å². The summed E-state index contributed by atoms with van der Waals surface area (Å²) < 4.78 is 5.13. The summed E-state index contributed by atoms with van der Waals surface area (Å²) in [4.78, 5) is 41.6. The van der Waals surface area contributed by atoms with Crippen LogP contribution in [0.15, 0.2) is 79.0 Å². The highest BCUT2D eigenvalue weighted by Gasteiger charge is 2.25. The molecule has 9 nitrogen and oxygen atoms in total. The molecule has 1 aromatic heterocycles. The van der Waals surface area contributed by atoms with E-state index in [0.29, 0.717) is 18.5 Å². The molecule has 3 rings (SSSR count). The van der Waals surface area contributed by atoms with Crippen molar-refractivity contribution in [1.82, 2.24) is 15.6 Å². The van der Waals surface area contributed by atoms with E-state index in [2.05, 4.69) is 20.9 Å². The molecule has 0 fully saturated rings. The first-order chi connectivity index (χ1) is 19.0. The number of carboxylic acids is 1. The van der Waals surface area contributed by atoms with Crippen LogP contribution in [0.5, 0.6) is 0 Å². The summed E-state index contributed by atoms with van der Waals surface area (Å²) in [5, 5.41) is 18.3. The molecule has 0 saturated carbocycles. The lowest BCUT2D eigenvalue weighted by atomic mass is 9.98. The topological polar surface area (TPSA) is 130 Å². The summed E-state index contributed by atoms with van der Waals surface area (Å²) in [6.07, 6.45) is 3.35. The number of hydrogen-bond acceptors (Lipinski definition) is 6. The minimum atomic E-state index is -1.04. The predicted molar refractivity (Wildman–Crippen MR) is 150 cm³/mol. The van der Waals surface area contributed by atoms with Crippen LogP contribution in [0.2, 0.25) is 0 Å². The van der Waals surface area contributed by atoms with Crippen LogP contribution in [0, 0.1) is 0 Å². The smallest absolute Gasteiger partial charge is 0.305 e. The largest absolute Gasteiger partial charge is 0.481 e. The summed E-state index contributed by atoms with van der Waals surface area (Å²) >= 11 is 0. The van der Waals surface area contributed by atoms with Crippen LogP contribution in [0.1, 0.15) is 43.7 Å². The van der Waals surface area contributed by atoms with Gasteiger partial charge < -0.3 is 25.8 Å². The number of carbonyl (C=O) groups is 3. The Balaban J connectivity index is 1.56. The Morgan fingerprint density at radius 2 is 1.62 bits per heavy atom. The molecule has 206 valence electrons. The predicted octanol–water partition coefficient (Wildman–Crippen LogP) is 4.18. The zero-order valence-electron chi connectivity index (χ0n) is 22.1. The number of methoxy groups -OCH3 is 1. The summed E-state index contributed by atoms with van der Waals surface area (Å²) in [6, 6.07) is 21.3. The van der Waals surface area contributed by atoms with Gasteiger partial charge in [-0.15, -0.1) is 0 Å². The molecule has 2 atom stereocenters. The zero-order chi connectivity index (χ0) is 27.9. The van der Waals surface area contributed by atoms with Gasteiger partial charge in [0.25, 0.3) is 0 Å². The lowest BCUT2D eigenvalue weighted by molar-refractivity contribution is -0.138. The number of unbranched alkanes of at least 4 members (excludes halogenated alkanes) is 1. The summed E-state index contributed by atoms with van der Waals surface area (Å²) in [5.74, 6) is -0.949. The van der Waals surface area contributed by atoms with Crippen molar-refractivity contribution in [3.05, 3.63) is 84.6 Å². The maximum atomic E-state index is 13.2. The Morgan fingerprint density at radius 3 is 2.28 bits per heavy atom. The number of nitrogens with zero attached hydrogens (tertiary/aromatic N) is 1. The lowest BCUT2D eigenvalue weighted by Crippen LogP contribution is -2.48. The second-order valence-electron chi connectivity index (χ2n) is 9.15. The van der Waals surface area contributed by atoms with Crippen molar-refractivity contribution in [3.63, 3.8) is 0 Å². The third kappa shape index (κ3) is 10.2. The molecule has 2 amide bonds. The fourth-order valence-electron chi connectivity index (χ4n) is 4.10. The fraction of sp³-hybridized carbons (Fsp3) is 0.333. The van der Waals surface area contributed by atoms with Gasteiger partial charge in [-0.1, -0.05) is 60.7 Å². The van der Waals surface area contributed by atoms with E-state index in [9.17, 15) is 19.5 Å². The number of ether oxygens (including phenoxy) is 1. The Kier molecular flexibility index (Phi) is 11.9. The summed E-state index contributed by atoms with van der Waals surface area (Å²) in [7, 11) is 1.52. The maximum Gasteiger partial charge on any atom is 0.305 e. The Hall–Kier alpha value is -4.24. The first-order valence-corrected chi connectivity index (χ1v) is 13.1. The van der Waals surface area contributed by atoms with Gasteiger partial charge in [-0.25, -0.2) is 4.98 Å². The normalized spacial score (nSPS) is 12.2. The first-order valence-electron chi connectivity index (χ1n) is 13.1. The van der Waals surface area contributed by atoms with Crippen molar-refractivity contribution < 1.29 is 24.2 Å². The van der Waals surface area contributed by atoms with Crippen molar-refractivity contribution in [2.75, 3.05) is 25.6 Å². The van der Waals surface area contributed by atoms with Crippen LogP contribution >= 0.6 is 0 Å². The monoisotopic (exact) mass is 532 g/mol. The second kappa shape index (κ2) is 15.9. The molecular formula is C30H36N4O5. The van der Waals surface area contributed by atoms with Gasteiger partial charge >= 0.3 is 5.97 Å². The highest BCUT2D eigenvalue weighted by atomic mass is 16.5. The Bertz CT molecular complexity index is 1170. The van der Waals surface area contributed by atoms with E-state index in [4.69, 9.17) is 4.74 Å². The molecular weight excluding hydrogens is 496 g/mol. The van der Waals surface area contributed by atoms with E-state index < -0.39 is 24.0 Å². The number of rotatable bonds is 16. The SMILES string of the molecule is COCC[C@H](NC(=O)CCCCNc1ccccn1)C(=O)NC(CC(=O)O)c1ccc(-c2ccccc2)cc1. The van der Waals surface area contributed by atoms with E-state index in [1.807, 2.05) is 72.8 Å². The number of pyridine rings is 1. The molecule has 0 aliphatic heterocycles. The number of carboxylic acid groups (broad SMARTS) is 1. The third-order valence-corrected chi connectivity index (χ3v) is 6.18. The van der Waals surface area contributed by atoms with Gasteiger partial charge in [0, 0.05) is 32.9 Å². The van der Waals surface area contributed by atoms with Crippen molar-refractivity contribution in [3.8, 4) is 11.1 Å². The molecule has 9 heteroatoms. The molecule has 1 heterocycles. The number of benzene rings is 2. The van der Waals surface area contributed by atoms with Crippen molar-refractivity contribution >= 4 is 23.6 Å². The van der Waals surface area contributed by atoms with E-state index >= 15 is 0 Å². The van der Waals surface area contributed by atoms with E-state index in [1.165, 1.54) is 7.11 Å². The van der Waals surface area contributed by atoms with Crippen LogP contribution in [0.25, 0.3) is 11.1 Å². The number of aromatic nitrogens is 1. The standard InChI is InChI=1S/C30H36N4O5/c1-39-20-17-25(33-28(35)12-6-8-19-32-27-11-5-7-18-31-27)30(38)34-26(21-29(36)37)24-15-13-23(14-16-24)22-9-3-2-4-10-22/h2-5,7,9-11,13-16,18,25-26H,6,8,12,17,19-21H2,1H3,(H,31,32)(H,33,35)(H,34,38)(H,36,37)/t25-,26?/m0/s1.